The molecular weight excluding hydrogens is 230 g/mol. The minimum Gasteiger partial charge on any atom is -0.384 e. The zero-order valence-electron chi connectivity index (χ0n) is 10.8. The average molecular weight is 251 g/mol. The van der Waals surface area contributed by atoms with Crippen LogP contribution in [0, 0.1) is 0 Å². The Morgan fingerprint density at radius 3 is 2.83 bits per heavy atom. The largest absolute Gasteiger partial charge is 0.384 e. The van der Waals surface area contributed by atoms with Gasteiger partial charge in [-0.25, -0.2) is 9.97 Å². The van der Waals surface area contributed by atoms with Gasteiger partial charge in [-0.3, -0.25) is 4.79 Å². The number of nitrogen functional groups attached to an aromatic ring is 1. The number of nitrogens with two attached hydrogens (primary N) is 2. The number of rotatable bonds is 8. The summed E-state index contributed by atoms with van der Waals surface area (Å²) in [4.78, 5) is 19.1. The average Bonchev–Trinajstić information content (AvgIpc) is 2.28. The maximum Gasteiger partial charge on any atom is 0.217 e. The molecule has 0 bridgehead atoms. The molecule has 1 amide bonds. The van der Waals surface area contributed by atoms with Crippen LogP contribution in [0.1, 0.15) is 38.4 Å². The fourth-order valence-corrected chi connectivity index (χ4v) is 1.58. The number of hydrogen-bond acceptors (Lipinski definition) is 5. The third kappa shape index (κ3) is 5.47. The number of amides is 1. The van der Waals surface area contributed by atoms with Gasteiger partial charge >= 0.3 is 0 Å². The number of nitrogens with zero attached hydrogens (tertiary/aromatic N) is 2. The molecule has 0 unspecified atom stereocenters. The second-order valence-electron chi connectivity index (χ2n) is 4.19. The highest BCUT2D eigenvalue weighted by Gasteiger charge is 2.02. The summed E-state index contributed by atoms with van der Waals surface area (Å²) in [5, 5.41) is 3.17. The first-order valence-corrected chi connectivity index (χ1v) is 6.27. The number of anilines is 2. The van der Waals surface area contributed by atoms with E-state index >= 15 is 0 Å². The predicted molar refractivity (Wildman–Crippen MR) is 72.0 cm³/mol. The van der Waals surface area contributed by atoms with Crippen LogP contribution in [0.4, 0.5) is 11.6 Å². The number of primary amides is 1. The van der Waals surface area contributed by atoms with Gasteiger partial charge in [-0.15, -0.1) is 0 Å². The molecule has 6 nitrogen and oxygen atoms in total. The SMILES string of the molecule is CCCc1nc(N)cc(NCCCCC(N)=O)n1. The quantitative estimate of drug-likeness (QED) is 0.599. The molecule has 100 valence electrons. The summed E-state index contributed by atoms with van der Waals surface area (Å²) in [5.41, 5.74) is 10.8. The van der Waals surface area contributed by atoms with E-state index in [2.05, 4.69) is 22.2 Å². The molecule has 0 fully saturated rings. The lowest BCUT2D eigenvalue weighted by molar-refractivity contribution is -0.118. The third-order valence-electron chi connectivity index (χ3n) is 2.42. The van der Waals surface area contributed by atoms with Crippen LogP contribution in [-0.2, 0) is 11.2 Å². The highest BCUT2D eigenvalue weighted by atomic mass is 16.1. The Bertz CT molecular complexity index is 394. The van der Waals surface area contributed by atoms with Crippen molar-refractivity contribution in [2.75, 3.05) is 17.6 Å². The van der Waals surface area contributed by atoms with Gasteiger partial charge in [-0.05, 0) is 19.3 Å². The highest BCUT2D eigenvalue weighted by Crippen LogP contribution is 2.10. The molecule has 1 rings (SSSR count). The topological polar surface area (TPSA) is 107 Å². The van der Waals surface area contributed by atoms with E-state index in [1.807, 2.05) is 0 Å². The molecule has 0 aliphatic carbocycles. The number of nitrogens with one attached hydrogen (secondary N) is 1. The summed E-state index contributed by atoms with van der Waals surface area (Å²) in [6, 6.07) is 1.72. The number of aryl methyl sites for hydroxylation is 1. The molecule has 0 aliphatic rings. The van der Waals surface area contributed by atoms with Crippen molar-refractivity contribution in [3.05, 3.63) is 11.9 Å². The summed E-state index contributed by atoms with van der Waals surface area (Å²) in [5.74, 6) is 1.72. The number of hydrogen-bond donors (Lipinski definition) is 3. The minimum atomic E-state index is -0.258. The van der Waals surface area contributed by atoms with Gasteiger partial charge in [0.25, 0.3) is 0 Å². The zero-order valence-corrected chi connectivity index (χ0v) is 10.8. The fourth-order valence-electron chi connectivity index (χ4n) is 1.58. The highest BCUT2D eigenvalue weighted by molar-refractivity contribution is 5.73. The van der Waals surface area contributed by atoms with E-state index in [1.165, 1.54) is 0 Å². The number of aromatic nitrogens is 2. The lowest BCUT2D eigenvalue weighted by Gasteiger charge is -2.07. The predicted octanol–water partition coefficient (Wildman–Crippen LogP) is 1.08. The van der Waals surface area contributed by atoms with E-state index < -0.39 is 0 Å². The number of carbonyl (C=O) groups excluding carboxylic acids is 1. The monoisotopic (exact) mass is 251 g/mol. The summed E-state index contributed by atoms with van der Waals surface area (Å²) in [6.45, 7) is 2.82. The van der Waals surface area contributed by atoms with Crippen LogP contribution >= 0.6 is 0 Å². The van der Waals surface area contributed by atoms with Crippen molar-refractivity contribution in [2.45, 2.75) is 39.0 Å². The lowest BCUT2D eigenvalue weighted by atomic mass is 10.2. The van der Waals surface area contributed by atoms with Crippen LogP contribution in [0.3, 0.4) is 0 Å². The first kappa shape index (κ1) is 14.2. The molecule has 1 aromatic heterocycles. The van der Waals surface area contributed by atoms with Crippen molar-refractivity contribution >= 4 is 17.5 Å². The molecule has 0 spiro atoms. The van der Waals surface area contributed by atoms with Gasteiger partial charge < -0.3 is 16.8 Å². The molecule has 5 N–H and O–H groups in total. The summed E-state index contributed by atoms with van der Waals surface area (Å²) >= 11 is 0. The Kier molecular flexibility index (Phi) is 5.90. The van der Waals surface area contributed by atoms with E-state index in [9.17, 15) is 4.79 Å². The van der Waals surface area contributed by atoms with Crippen LogP contribution in [0.25, 0.3) is 0 Å². The van der Waals surface area contributed by atoms with E-state index in [4.69, 9.17) is 11.5 Å². The Morgan fingerprint density at radius 2 is 2.17 bits per heavy atom. The molecule has 1 heterocycles. The third-order valence-corrected chi connectivity index (χ3v) is 2.42. The van der Waals surface area contributed by atoms with Crippen LogP contribution in [0.15, 0.2) is 6.07 Å². The molecule has 0 saturated heterocycles. The Hall–Kier alpha value is -1.85. The van der Waals surface area contributed by atoms with Crippen molar-refractivity contribution in [2.24, 2.45) is 5.73 Å². The van der Waals surface area contributed by atoms with Gasteiger partial charge in [-0.1, -0.05) is 6.92 Å². The van der Waals surface area contributed by atoms with E-state index in [0.29, 0.717) is 12.2 Å². The molecule has 0 aliphatic heterocycles. The number of unbranched alkanes of at least 4 members (excludes halogenated alkanes) is 1. The van der Waals surface area contributed by atoms with Gasteiger partial charge in [0.05, 0.1) is 0 Å². The van der Waals surface area contributed by atoms with Gasteiger partial charge in [0, 0.05) is 25.5 Å². The minimum absolute atomic E-state index is 0.258. The lowest BCUT2D eigenvalue weighted by Crippen LogP contribution is -2.11. The van der Waals surface area contributed by atoms with Crippen LogP contribution in [-0.4, -0.2) is 22.4 Å². The van der Waals surface area contributed by atoms with Crippen molar-refractivity contribution in [1.82, 2.24) is 9.97 Å². The van der Waals surface area contributed by atoms with Gasteiger partial charge in [0.2, 0.25) is 5.91 Å². The van der Waals surface area contributed by atoms with E-state index in [1.54, 1.807) is 6.07 Å². The van der Waals surface area contributed by atoms with Gasteiger partial charge in [0.15, 0.2) is 0 Å². The van der Waals surface area contributed by atoms with Crippen molar-refractivity contribution in [3.8, 4) is 0 Å². The Balaban J connectivity index is 2.39. The first-order chi connectivity index (χ1) is 8.61. The summed E-state index contributed by atoms with van der Waals surface area (Å²) in [6.07, 6.45) is 3.89. The van der Waals surface area contributed by atoms with Crippen LogP contribution < -0.4 is 16.8 Å². The van der Waals surface area contributed by atoms with E-state index in [0.717, 1.165) is 43.9 Å². The van der Waals surface area contributed by atoms with Crippen molar-refractivity contribution in [1.29, 1.82) is 0 Å². The first-order valence-electron chi connectivity index (χ1n) is 6.27. The molecule has 6 heteroatoms. The molecule has 0 saturated carbocycles. The summed E-state index contributed by atoms with van der Waals surface area (Å²) < 4.78 is 0. The molecular formula is C12H21N5O. The second-order valence-corrected chi connectivity index (χ2v) is 4.19. The maximum atomic E-state index is 10.6. The standard InChI is InChI=1S/C12H21N5O/c1-2-5-11-16-9(13)8-12(17-11)15-7-4-3-6-10(14)18/h8H,2-7H2,1H3,(H2,14,18)(H3,13,15,16,17). The smallest absolute Gasteiger partial charge is 0.217 e. The van der Waals surface area contributed by atoms with Gasteiger partial charge in [-0.2, -0.15) is 0 Å². The van der Waals surface area contributed by atoms with Crippen LogP contribution in [0.2, 0.25) is 0 Å². The zero-order chi connectivity index (χ0) is 13.4. The van der Waals surface area contributed by atoms with Gasteiger partial charge in [0.1, 0.15) is 17.5 Å². The number of carbonyl (C=O) groups is 1. The van der Waals surface area contributed by atoms with Crippen LogP contribution in [0.5, 0.6) is 0 Å². The maximum absolute atomic E-state index is 10.6. The molecule has 0 aromatic carbocycles. The Morgan fingerprint density at radius 1 is 1.39 bits per heavy atom. The summed E-state index contributed by atoms with van der Waals surface area (Å²) in [7, 11) is 0. The Labute approximate surface area is 107 Å². The van der Waals surface area contributed by atoms with Crippen molar-refractivity contribution in [3.63, 3.8) is 0 Å². The fraction of sp³-hybridized carbons (Fsp3) is 0.583. The molecule has 18 heavy (non-hydrogen) atoms. The molecule has 0 atom stereocenters. The van der Waals surface area contributed by atoms with Crippen molar-refractivity contribution < 1.29 is 4.79 Å². The van der Waals surface area contributed by atoms with E-state index in [-0.39, 0.29) is 5.91 Å². The molecule has 1 aromatic rings. The molecule has 0 radical (unpaired) electrons. The second kappa shape index (κ2) is 7.47. The normalized spacial score (nSPS) is 10.3.